The highest BCUT2D eigenvalue weighted by Gasteiger charge is 2.28. The third-order valence-corrected chi connectivity index (χ3v) is 4.70. The number of methoxy groups -OCH3 is 1. The number of rotatable bonds is 8. The monoisotopic (exact) mass is 358 g/mol. The van der Waals surface area contributed by atoms with Gasteiger partial charge in [-0.3, -0.25) is 9.59 Å². The molecular weight excluding hydrogens is 340 g/mol. The number of carbonyl (C=O) groups excluding carboxylic acids is 2. The third-order valence-electron chi connectivity index (χ3n) is 2.94. The average Bonchev–Trinajstić information content (AvgIpc) is 2.52. The van der Waals surface area contributed by atoms with Crippen LogP contribution in [0.15, 0.2) is 29.2 Å². The predicted octanol–water partition coefficient (Wildman–Crippen LogP) is -0.826. The quantitative estimate of drug-likeness (QED) is 0.551. The van der Waals surface area contributed by atoms with E-state index >= 15 is 0 Å². The van der Waals surface area contributed by atoms with Crippen molar-refractivity contribution in [1.82, 2.24) is 10.6 Å². The summed E-state index contributed by atoms with van der Waals surface area (Å²) in [7, 11) is -2.52. The Kier molecular flexibility index (Phi) is 6.71. The maximum absolute atomic E-state index is 12.3. The molecule has 2 amide bonds. The molecule has 24 heavy (non-hydrogen) atoms. The van der Waals surface area contributed by atoms with Crippen LogP contribution in [0.25, 0.3) is 0 Å². The first-order valence-electron chi connectivity index (χ1n) is 6.79. The van der Waals surface area contributed by atoms with E-state index in [-0.39, 0.29) is 4.90 Å². The topological polar surface area (TPSA) is 139 Å². The third kappa shape index (κ3) is 5.88. The molecule has 1 aromatic rings. The molecule has 0 aliphatic rings. The van der Waals surface area contributed by atoms with Gasteiger partial charge in [-0.2, -0.15) is 0 Å². The number of ether oxygens (including phenoxy) is 1. The molecule has 0 aliphatic heterocycles. The van der Waals surface area contributed by atoms with Gasteiger partial charge in [-0.15, -0.1) is 0 Å². The van der Waals surface area contributed by atoms with Crippen molar-refractivity contribution >= 4 is 27.6 Å². The number of amides is 2. The summed E-state index contributed by atoms with van der Waals surface area (Å²) in [5, 5.41) is 13.4. The molecule has 0 aliphatic carbocycles. The summed E-state index contributed by atoms with van der Waals surface area (Å²) >= 11 is 0. The fourth-order valence-electron chi connectivity index (χ4n) is 1.72. The number of hydrogen-bond acceptors (Lipinski definition) is 6. The molecular formula is C14H18N2O7S. The molecule has 9 nitrogen and oxygen atoms in total. The molecule has 132 valence electrons. The molecule has 1 atom stereocenters. The maximum Gasteiger partial charge on any atom is 0.327 e. The van der Waals surface area contributed by atoms with E-state index in [0.717, 1.165) is 0 Å². The van der Waals surface area contributed by atoms with Crippen molar-refractivity contribution in [3.63, 3.8) is 0 Å². The molecule has 0 heterocycles. The van der Waals surface area contributed by atoms with Gasteiger partial charge in [-0.25, -0.2) is 13.2 Å². The van der Waals surface area contributed by atoms with Crippen LogP contribution in [0.1, 0.15) is 6.92 Å². The van der Waals surface area contributed by atoms with E-state index < -0.39 is 46.0 Å². The first kappa shape index (κ1) is 19.4. The maximum atomic E-state index is 12.3. The Morgan fingerprint density at radius 1 is 1.21 bits per heavy atom. The molecule has 10 heteroatoms. The van der Waals surface area contributed by atoms with Crippen LogP contribution in [0.4, 0.5) is 0 Å². The second-order valence-corrected chi connectivity index (χ2v) is 6.86. The Morgan fingerprint density at radius 3 is 2.25 bits per heavy atom. The van der Waals surface area contributed by atoms with Gasteiger partial charge in [-0.1, -0.05) is 0 Å². The van der Waals surface area contributed by atoms with Crippen molar-refractivity contribution in [3.05, 3.63) is 24.3 Å². The molecule has 1 rings (SSSR count). The molecule has 0 aromatic heterocycles. The first-order valence-corrected chi connectivity index (χ1v) is 8.44. The van der Waals surface area contributed by atoms with E-state index in [2.05, 4.69) is 10.6 Å². The van der Waals surface area contributed by atoms with E-state index in [9.17, 15) is 22.8 Å². The summed E-state index contributed by atoms with van der Waals surface area (Å²) < 4.78 is 29.5. The summed E-state index contributed by atoms with van der Waals surface area (Å²) in [5.41, 5.74) is 0. The molecule has 1 aromatic carbocycles. The fourth-order valence-corrected chi connectivity index (χ4v) is 3.13. The van der Waals surface area contributed by atoms with E-state index in [0.29, 0.717) is 5.75 Å². The minimum absolute atomic E-state index is 0.0920. The van der Waals surface area contributed by atoms with Gasteiger partial charge in [0, 0.05) is 6.92 Å². The highest BCUT2D eigenvalue weighted by molar-refractivity contribution is 7.91. The highest BCUT2D eigenvalue weighted by Crippen LogP contribution is 2.17. The van der Waals surface area contributed by atoms with Crippen LogP contribution in [-0.4, -0.2) is 56.8 Å². The summed E-state index contributed by atoms with van der Waals surface area (Å²) in [4.78, 5) is 33.4. The van der Waals surface area contributed by atoms with Crippen molar-refractivity contribution in [2.24, 2.45) is 0 Å². The van der Waals surface area contributed by atoms with Gasteiger partial charge >= 0.3 is 5.97 Å². The molecule has 3 N–H and O–H groups in total. The van der Waals surface area contributed by atoms with Gasteiger partial charge < -0.3 is 20.5 Å². The predicted molar refractivity (Wildman–Crippen MR) is 83.3 cm³/mol. The van der Waals surface area contributed by atoms with E-state index in [1.54, 1.807) is 0 Å². The van der Waals surface area contributed by atoms with Crippen LogP contribution >= 0.6 is 0 Å². The lowest BCUT2D eigenvalue weighted by Gasteiger charge is -2.15. The standard InChI is InChI=1S/C14H18N2O7S/c1-9(17)15-7-13(18)16-12(14(19)20)8-24(21,22)11-5-3-10(23-2)4-6-11/h3-6,12H,7-8H2,1-2H3,(H,15,17)(H,16,18)(H,19,20). The lowest BCUT2D eigenvalue weighted by molar-refractivity contribution is -0.141. The average molecular weight is 358 g/mol. The fraction of sp³-hybridized carbons (Fsp3) is 0.357. The highest BCUT2D eigenvalue weighted by atomic mass is 32.2. The Morgan fingerprint density at radius 2 is 1.79 bits per heavy atom. The molecule has 0 bridgehead atoms. The normalized spacial score (nSPS) is 12.1. The molecule has 0 saturated carbocycles. The van der Waals surface area contributed by atoms with Crippen molar-refractivity contribution in [3.8, 4) is 5.75 Å². The van der Waals surface area contributed by atoms with Gasteiger partial charge in [0.2, 0.25) is 11.8 Å². The van der Waals surface area contributed by atoms with Crippen molar-refractivity contribution in [2.45, 2.75) is 17.9 Å². The van der Waals surface area contributed by atoms with Gasteiger partial charge in [0.25, 0.3) is 0 Å². The molecule has 1 unspecified atom stereocenters. The van der Waals surface area contributed by atoms with Crippen LogP contribution in [0, 0.1) is 0 Å². The van der Waals surface area contributed by atoms with E-state index in [1.807, 2.05) is 0 Å². The summed E-state index contributed by atoms with van der Waals surface area (Å²) in [6.45, 7) is 0.748. The second-order valence-electron chi connectivity index (χ2n) is 4.83. The molecule has 0 spiro atoms. The van der Waals surface area contributed by atoms with Crippen molar-refractivity contribution in [2.75, 3.05) is 19.4 Å². The zero-order valence-electron chi connectivity index (χ0n) is 13.1. The van der Waals surface area contributed by atoms with Crippen LogP contribution in [0.5, 0.6) is 5.75 Å². The number of carboxylic acid groups (broad SMARTS) is 1. The van der Waals surface area contributed by atoms with Gasteiger partial charge in [0.05, 0.1) is 24.3 Å². The van der Waals surface area contributed by atoms with Crippen molar-refractivity contribution < 1.29 is 32.6 Å². The summed E-state index contributed by atoms with van der Waals surface area (Å²) in [5.74, 6) is -3.14. The van der Waals surface area contributed by atoms with Gasteiger partial charge in [0.15, 0.2) is 9.84 Å². The van der Waals surface area contributed by atoms with Crippen LogP contribution < -0.4 is 15.4 Å². The lowest BCUT2D eigenvalue weighted by atomic mass is 10.3. The van der Waals surface area contributed by atoms with Crippen LogP contribution in [0.3, 0.4) is 0 Å². The molecule has 0 fully saturated rings. The van der Waals surface area contributed by atoms with E-state index in [1.165, 1.54) is 38.3 Å². The molecule has 0 radical (unpaired) electrons. The molecule has 0 saturated heterocycles. The first-order chi connectivity index (χ1) is 11.2. The Balaban J connectivity index is 2.84. The number of sulfone groups is 1. The summed E-state index contributed by atoms with van der Waals surface area (Å²) in [6.07, 6.45) is 0. The van der Waals surface area contributed by atoms with Gasteiger partial charge in [0.1, 0.15) is 11.8 Å². The number of carbonyl (C=O) groups is 3. The van der Waals surface area contributed by atoms with Crippen LogP contribution in [-0.2, 0) is 24.2 Å². The number of carboxylic acids is 1. The number of aliphatic carboxylic acids is 1. The zero-order chi connectivity index (χ0) is 18.3. The van der Waals surface area contributed by atoms with Crippen LogP contribution in [0.2, 0.25) is 0 Å². The van der Waals surface area contributed by atoms with Crippen molar-refractivity contribution in [1.29, 1.82) is 0 Å². The Bertz CT molecular complexity index is 713. The van der Waals surface area contributed by atoms with E-state index in [4.69, 9.17) is 9.84 Å². The smallest absolute Gasteiger partial charge is 0.327 e. The van der Waals surface area contributed by atoms with Gasteiger partial charge in [-0.05, 0) is 24.3 Å². The Hall–Kier alpha value is -2.62. The second kappa shape index (κ2) is 8.29. The minimum Gasteiger partial charge on any atom is -0.497 e. The SMILES string of the molecule is COc1ccc(S(=O)(=O)CC(NC(=O)CNC(C)=O)C(=O)O)cc1. The zero-order valence-corrected chi connectivity index (χ0v) is 13.9. The summed E-state index contributed by atoms with van der Waals surface area (Å²) in [6, 6.07) is 3.78. The number of hydrogen-bond donors (Lipinski definition) is 3. The largest absolute Gasteiger partial charge is 0.497 e. The minimum atomic E-state index is -3.94. The lowest BCUT2D eigenvalue weighted by Crippen LogP contribution is -2.48. The Labute approximate surface area is 138 Å². The number of benzene rings is 1. The number of nitrogens with one attached hydrogen (secondary N) is 2.